The molecule has 4 rings (SSSR count). The Morgan fingerprint density at radius 2 is 1.76 bits per heavy atom. The number of hydrogen-bond acceptors (Lipinski definition) is 5. The van der Waals surface area contributed by atoms with E-state index in [0.717, 1.165) is 10.8 Å². The third kappa shape index (κ3) is 3.93. The summed E-state index contributed by atoms with van der Waals surface area (Å²) >= 11 is 0. The van der Waals surface area contributed by atoms with Crippen molar-refractivity contribution in [2.75, 3.05) is 20.3 Å². The van der Waals surface area contributed by atoms with Crippen molar-refractivity contribution in [3.63, 3.8) is 0 Å². The number of ketones is 1. The van der Waals surface area contributed by atoms with Gasteiger partial charge in [-0.1, -0.05) is 55.5 Å². The number of Topliss-reactive ketones (excluding diaryl/α,β-unsaturated/α-hetero) is 1. The van der Waals surface area contributed by atoms with Crippen LogP contribution in [0.4, 0.5) is 0 Å². The Balaban J connectivity index is 1.95. The molecule has 1 saturated heterocycles. The highest BCUT2D eigenvalue weighted by molar-refractivity contribution is 6.46. The van der Waals surface area contributed by atoms with E-state index in [1.807, 2.05) is 50.2 Å². The molecule has 0 aliphatic carbocycles. The molecule has 0 radical (unpaired) electrons. The lowest BCUT2D eigenvalue weighted by molar-refractivity contribution is -0.139. The fourth-order valence-electron chi connectivity index (χ4n) is 4.41. The maximum Gasteiger partial charge on any atom is 0.295 e. The molecule has 170 valence electrons. The first-order valence-corrected chi connectivity index (χ1v) is 11.1. The summed E-state index contributed by atoms with van der Waals surface area (Å²) in [5.41, 5.74) is 1.28. The van der Waals surface area contributed by atoms with Crippen LogP contribution < -0.4 is 9.47 Å². The van der Waals surface area contributed by atoms with Crippen LogP contribution in [-0.2, 0) is 9.59 Å². The minimum Gasteiger partial charge on any atom is -0.507 e. The minimum absolute atomic E-state index is 0.0809. The molecule has 0 spiro atoms. The molecule has 1 heterocycles. The zero-order chi connectivity index (χ0) is 23.5. The molecule has 6 nitrogen and oxygen atoms in total. The predicted molar refractivity (Wildman–Crippen MR) is 127 cm³/mol. The van der Waals surface area contributed by atoms with Crippen molar-refractivity contribution in [3.8, 4) is 11.5 Å². The van der Waals surface area contributed by atoms with Gasteiger partial charge in [0.15, 0.2) is 11.5 Å². The van der Waals surface area contributed by atoms with Crippen molar-refractivity contribution in [1.29, 1.82) is 0 Å². The second kappa shape index (κ2) is 9.36. The summed E-state index contributed by atoms with van der Waals surface area (Å²) in [7, 11) is 1.56. The number of ether oxygens (including phenoxy) is 2. The first-order valence-electron chi connectivity index (χ1n) is 11.1. The fourth-order valence-corrected chi connectivity index (χ4v) is 4.41. The van der Waals surface area contributed by atoms with Crippen LogP contribution >= 0.6 is 0 Å². The van der Waals surface area contributed by atoms with E-state index in [9.17, 15) is 14.7 Å². The zero-order valence-electron chi connectivity index (χ0n) is 19.0. The number of likely N-dealkylation sites (tertiary alicyclic amines) is 1. The number of methoxy groups -OCH3 is 1. The summed E-state index contributed by atoms with van der Waals surface area (Å²) in [6.45, 7) is 4.64. The lowest BCUT2D eigenvalue weighted by atomic mass is 9.93. The predicted octanol–water partition coefficient (Wildman–Crippen LogP) is 5.08. The van der Waals surface area contributed by atoms with Crippen LogP contribution in [0.1, 0.15) is 37.4 Å². The highest BCUT2D eigenvalue weighted by Gasteiger charge is 2.46. The monoisotopic (exact) mass is 445 g/mol. The summed E-state index contributed by atoms with van der Waals surface area (Å²) in [6, 6.07) is 17.8. The smallest absolute Gasteiger partial charge is 0.295 e. The lowest BCUT2D eigenvalue weighted by Crippen LogP contribution is -2.30. The first kappa shape index (κ1) is 22.4. The van der Waals surface area contributed by atoms with E-state index >= 15 is 0 Å². The Kier molecular flexibility index (Phi) is 6.36. The number of rotatable bonds is 7. The van der Waals surface area contributed by atoms with Gasteiger partial charge in [0.05, 0.1) is 25.3 Å². The summed E-state index contributed by atoms with van der Waals surface area (Å²) < 4.78 is 11.1. The van der Waals surface area contributed by atoms with Crippen LogP contribution in [0.3, 0.4) is 0 Å². The molecule has 1 aliphatic heterocycles. The Bertz CT molecular complexity index is 1240. The molecule has 3 aromatic carbocycles. The van der Waals surface area contributed by atoms with Gasteiger partial charge in [0.2, 0.25) is 0 Å². The molecular weight excluding hydrogens is 418 g/mol. The molecule has 1 unspecified atom stereocenters. The summed E-state index contributed by atoms with van der Waals surface area (Å²) in [6.07, 6.45) is 0.673. The maximum atomic E-state index is 13.2. The number of nitrogens with zero attached hydrogens (tertiary/aromatic N) is 1. The van der Waals surface area contributed by atoms with Crippen molar-refractivity contribution in [2.24, 2.45) is 0 Å². The zero-order valence-corrected chi connectivity index (χ0v) is 19.0. The summed E-state index contributed by atoms with van der Waals surface area (Å²) in [5, 5.41) is 13.2. The van der Waals surface area contributed by atoms with Gasteiger partial charge in [-0.25, -0.2) is 0 Å². The molecule has 6 heteroatoms. The number of carbonyl (C=O) groups is 2. The topological polar surface area (TPSA) is 76.1 Å². The van der Waals surface area contributed by atoms with Crippen LogP contribution in [0, 0.1) is 0 Å². The molecule has 33 heavy (non-hydrogen) atoms. The molecule has 1 aliphatic rings. The highest BCUT2D eigenvalue weighted by Crippen LogP contribution is 2.42. The molecule has 0 saturated carbocycles. The Labute approximate surface area is 193 Å². The van der Waals surface area contributed by atoms with Crippen LogP contribution in [0.15, 0.2) is 66.2 Å². The Morgan fingerprint density at radius 1 is 1.00 bits per heavy atom. The summed E-state index contributed by atoms with van der Waals surface area (Å²) in [4.78, 5) is 27.7. The molecule has 1 N–H and O–H groups in total. The van der Waals surface area contributed by atoms with Crippen LogP contribution in [0.5, 0.6) is 11.5 Å². The van der Waals surface area contributed by atoms with Gasteiger partial charge in [0.25, 0.3) is 11.7 Å². The number of benzene rings is 3. The number of amides is 1. The van der Waals surface area contributed by atoms with Crippen molar-refractivity contribution in [2.45, 2.75) is 26.3 Å². The Morgan fingerprint density at radius 3 is 2.48 bits per heavy atom. The largest absolute Gasteiger partial charge is 0.507 e. The van der Waals surface area contributed by atoms with Gasteiger partial charge in [-0.3, -0.25) is 9.59 Å². The second-order valence-electron chi connectivity index (χ2n) is 7.86. The third-order valence-corrected chi connectivity index (χ3v) is 5.85. The molecule has 1 amide bonds. The number of carbonyl (C=O) groups excluding carboxylic acids is 2. The van der Waals surface area contributed by atoms with Gasteiger partial charge in [0.1, 0.15) is 5.76 Å². The van der Waals surface area contributed by atoms with E-state index in [1.54, 1.807) is 31.4 Å². The summed E-state index contributed by atoms with van der Waals surface area (Å²) in [5.74, 6) is -0.403. The minimum atomic E-state index is -0.728. The molecule has 1 fully saturated rings. The van der Waals surface area contributed by atoms with Gasteiger partial charge in [-0.15, -0.1) is 0 Å². The average Bonchev–Trinajstić information content (AvgIpc) is 3.08. The van der Waals surface area contributed by atoms with Gasteiger partial charge >= 0.3 is 0 Å². The van der Waals surface area contributed by atoms with Crippen molar-refractivity contribution in [3.05, 3.63) is 77.4 Å². The number of hydrogen-bond donors (Lipinski definition) is 1. The quantitative estimate of drug-likeness (QED) is 0.312. The second-order valence-corrected chi connectivity index (χ2v) is 7.86. The van der Waals surface area contributed by atoms with E-state index in [-0.39, 0.29) is 11.3 Å². The van der Waals surface area contributed by atoms with Crippen molar-refractivity contribution < 1.29 is 24.2 Å². The first-order chi connectivity index (χ1) is 16.0. The van der Waals surface area contributed by atoms with Crippen molar-refractivity contribution in [1.82, 2.24) is 4.90 Å². The standard InChI is InChI=1S/C27H27NO5/c1-4-15-28-24(18-13-14-21(32-3)22(16-18)33-5-2)23(26(30)27(28)31)25(29)20-12-8-10-17-9-6-7-11-19(17)20/h6-14,16,24,29H,4-5,15H2,1-3H3/b25-23+. The maximum absolute atomic E-state index is 13.2. The average molecular weight is 446 g/mol. The fraction of sp³-hybridized carbons (Fsp3) is 0.259. The number of fused-ring (bicyclic) bond motifs is 1. The Hall–Kier alpha value is -3.80. The lowest BCUT2D eigenvalue weighted by Gasteiger charge is -2.25. The molecule has 0 bridgehead atoms. The molecular formula is C27H27NO5. The van der Waals surface area contributed by atoms with Crippen LogP contribution in [0.25, 0.3) is 16.5 Å². The number of aliphatic hydroxyl groups is 1. The van der Waals surface area contributed by atoms with Gasteiger partial charge < -0.3 is 19.5 Å². The SMILES string of the molecule is CCCN1C(=O)C(=O)/C(=C(/O)c2cccc3ccccc23)C1c1ccc(OC)c(OCC)c1. The van der Waals surface area contributed by atoms with E-state index < -0.39 is 17.7 Å². The normalized spacial score (nSPS) is 17.5. The van der Waals surface area contributed by atoms with Crippen molar-refractivity contribution >= 4 is 28.2 Å². The van der Waals surface area contributed by atoms with Crippen LogP contribution in [0.2, 0.25) is 0 Å². The highest BCUT2D eigenvalue weighted by atomic mass is 16.5. The van der Waals surface area contributed by atoms with E-state index in [2.05, 4.69) is 0 Å². The van der Waals surface area contributed by atoms with E-state index in [4.69, 9.17) is 9.47 Å². The molecule has 3 aromatic rings. The molecule has 1 atom stereocenters. The molecule has 0 aromatic heterocycles. The van der Waals surface area contributed by atoms with Gasteiger partial charge in [-0.2, -0.15) is 0 Å². The van der Waals surface area contributed by atoms with E-state index in [0.29, 0.717) is 42.2 Å². The van der Waals surface area contributed by atoms with Gasteiger partial charge in [-0.05, 0) is 41.8 Å². The van der Waals surface area contributed by atoms with Crippen LogP contribution in [-0.4, -0.2) is 42.0 Å². The number of aliphatic hydroxyl groups excluding tert-OH is 1. The third-order valence-electron chi connectivity index (χ3n) is 5.85. The van der Waals surface area contributed by atoms with E-state index in [1.165, 1.54) is 4.90 Å². The van der Waals surface area contributed by atoms with Gasteiger partial charge in [0, 0.05) is 12.1 Å².